The Morgan fingerprint density at radius 3 is 1.80 bits per heavy atom. The second kappa shape index (κ2) is 18.4. The van der Waals surface area contributed by atoms with Gasteiger partial charge >= 0.3 is 0 Å². The zero-order valence-electron chi connectivity index (χ0n) is 26.3. The molecule has 44 heavy (non-hydrogen) atoms. The molecule has 2 aliphatic rings. The van der Waals surface area contributed by atoms with Gasteiger partial charge < -0.3 is 24.1 Å². The summed E-state index contributed by atoms with van der Waals surface area (Å²) in [4.78, 5) is 0. The summed E-state index contributed by atoms with van der Waals surface area (Å²) < 4.78 is 26.8. The van der Waals surface area contributed by atoms with Crippen molar-refractivity contribution >= 4 is 0 Å². The van der Waals surface area contributed by atoms with Crippen molar-refractivity contribution in [2.45, 2.75) is 108 Å². The van der Waals surface area contributed by atoms with Crippen molar-refractivity contribution in [2.75, 3.05) is 13.2 Å². The normalized spacial score (nSPS) is 26.9. The van der Waals surface area contributed by atoms with Crippen molar-refractivity contribution < 1.29 is 24.1 Å². The van der Waals surface area contributed by atoms with Crippen LogP contribution in [0.5, 0.6) is 0 Å². The van der Waals surface area contributed by atoms with Gasteiger partial charge in [-0.25, -0.2) is 0 Å². The third-order valence-corrected chi connectivity index (χ3v) is 9.44. The highest BCUT2D eigenvalue weighted by molar-refractivity contribution is 5.15. The Morgan fingerprint density at radius 1 is 0.614 bits per heavy atom. The average Bonchev–Trinajstić information content (AvgIpc) is 3.13. The monoisotopic (exact) mass is 600 g/mol. The van der Waals surface area contributed by atoms with Crippen LogP contribution in [0.4, 0.5) is 0 Å². The fourth-order valence-corrected chi connectivity index (χ4v) is 6.89. The fraction of sp³-hybridized carbons (Fsp3) is 0.538. The van der Waals surface area contributed by atoms with Crippen LogP contribution in [0, 0.1) is 11.8 Å². The van der Waals surface area contributed by atoms with Gasteiger partial charge in [0.15, 0.2) is 0 Å². The highest BCUT2D eigenvalue weighted by atomic mass is 16.6. The number of hydrogen-bond acceptors (Lipinski definition) is 5. The van der Waals surface area contributed by atoms with E-state index in [4.69, 9.17) is 18.9 Å². The minimum Gasteiger partial charge on any atom is -0.396 e. The lowest BCUT2D eigenvalue weighted by Crippen LogP contribution is -2.54. The number of benzene rings is 3. The van der Waals surface area contributed by atoms with Crippen molar-refractivity contribution in [1.29, 1.82) is 0 Å². The van der Waals surface area contributed by atoms with Gasteiger partial charge in [-0.15, -0.1) is 0 Å². The van der Waals surface area contributed by atoms with Crippen molar-refractivity contribution in [3.63, 3.8) is 0 Å². The number of hydrogen-bond donors (Lipinski definition) is 1. The molecule has 0 bridgehead atoms. The van der Waals surface area contributed by atoms with Crippen molar-refractivity contribution in [3.05, 3.63) is 108 Å². The third-order valence-electron chi connectivity index (χ3n) is 9.44. The van der Waals surface area contributed by atoms with Crippen LogP contribution >= 0.6 is 0 Å². The molecule has 1 aliphatic heterocycles. The maximum Gasteiger partial charge on any atom is 0.113 e. The lowest BCUT2D eigenvalue weighted by Gasteiger charge is -2.44. The van der Waals surface area contributed by atoms with Crippen molar-refractivity contribution in [2.24, 2.45) is 11.8 Å². The first-order chi connectivity index (χ1) is 21.8. The van der Waals surface area contributed by atoms with E-state index in [1.807, 2.05) is 30.3 Å². The second-order valence-electron chi connectivity index (χ2n) is 12.8. The van der Waals surface area contributed by atoms with E-state index >= 15 is 0 Å². The minimum atomic E-state index is -0.243. The molecule has 2 fully saturated rings. The Morgan fingerprint density at radius 2 is 1.16 bits per heavy atom. The van der Waals surface area contributed by atoms with Crippen LogP contribution in [0.25, 0.3) is 0 Å². The molecule has 5 nitrogen and oxygen atoms in total. The molecular formula is C39H52O5. The van der Waals surface area contributed by atoms with E-state index in [2.05, 4.69) is 60.7 Å². The third kappa shape index (κ3) is 10.5. The van der Waals surface area contributed by atoms with Crippen LogP contribution in [0.3, 0.4) is 0 Å². The largest absolute Gasteiger partial charge is 0.396 e. The van der Waals surface area contributed by atoms with Crippen molar-refractivity contribution in [1.82, 2.24) is 0 Å². The molecular weight excluding hydrogens is 548 g/mol. The Kier molecular flexibility index (Phi) is 13.8. The van der Waals surface area contributed by atoms with Gasteiger partial charge in [0.2, 0.25) is 0 Å². The molecule has 5 heteroatoms. The molecule has 0 spiro atoms. The molecule has 0 amide bonds. The van der Waals surface area contributed by atoms with E-state index in [1.54, 1.807) is 0 Å². The van der Waals surface area contributed by atoms with E-state index in [-0.39, 0.29) is 24.4 Å². The first kappa shape index (κ1) is 32.8. The minimum absolute atomic E-state index is 0.0889. The lowest BCUT2D eigenvalue weighted by molar-refractivity contribution is -0.230. The van der Waals surface area contributed by atoms with Crippen LogP contribution in [0.15, 0.2) is 91.0 Å². The number of ether oxygens (including phenoxy) is 4. The van der Waals surface area contributed by atoms with E-state index in [0.29, 0.717) is 44.9 Å². The van der Waals surface area contributed by atoms with Gasteiger partial charge in [0.25, 0.3) is 0 Å². The molecule has 1 N–H and O–H groups in total. The van der Waals surface area contributed by atoms with E-state index in [1.165, 1.54) is 37.7 Å². The van der Waals surface area contributed by atoms with E-state index in [9.17, 15) is 5.11 Å². The summed E-state index contributed by atoms with van der Waals surface area (Å²) in [7, 11) is 0. The summed E-state index contributed by atoms with van der Waals surface area (Å²) in [6.45, 7) is 2.35. The molecule has 238 valence electrons. The summed E-state index contributed by atoms with van der Waals surface area (Å²) in [6, 6.07) is 31.1. The highest BCUT2D eigenvalue weighted by Gasteiger charge is 2.43. The quantitative estimate of drug-likeness (QED) is 0.227. The molecule has 0 aromatic heterocycles. The van der Waals surface area contributed by atoms with Crippen LogP contribution < -0.4 is 0 Å². The van der Waals surface area contributed by atoms with Gasteiger partial charge in [-0.2, -0.15) is 0 Å². The number of aliphatic hydroxyl groups is 1. The van der Waals surface area contributed by atoms with Crippen LogP contribution in [-0.4, -0.2) is 42.7 Å². The molecule has 3 aromatic rings. The Hall–Kier alpha value is -2.54. The topological polar surface area (TPSA) is 57.2 Å². The Balaban J connectivity index is 1.34. The van der Waals surface area contributed by atoms with Gasteiger partial charge in [0, 0.05) is 13.0 Å². The second-order valence-corrected chi connectivity index (χ2v) is 12.8. The lowest BCUT2D eigenvalue weighted by atomic mass is 9.83. The van der Waals surface area contributed by atoms with Gasteiger partial charge in [0.1, 0.15) is 12.2 Å². The standard InChI is InChI=1S/C39H52O5/c40-26-31-15-6-1-2-13-23-35(24-14-22-31)36-25-37(42-28-33-18-9-4-10-19-33)39(43-29-34-20-11-5-12-21-34)38(44-36)30-41-27-32-16-7-3-8-17-32/h3-5,7-12,16-21,31,35-40H,1-2,6,13-15,22-30H2. The van der Waals surface area contributed by atoms with E-state index in [0.717, 1.165) is 43.2 Å². The average molecular weight is 601 g/mol. The smallest absolute Gasteiger partial charge is 0.113 e. The molecule has 1 saturated heterocycles. The predicted octanol–water partition coefficient (Wildman–Crippen LogP) is 8.28. The molecule has 3 aromatic carbocycles. The summed E-state index contributed by atoms with van der Waals surface area (Å²) in [6.07, 6.45) is 11.0. The van der Waals surface area contributed by atoms with Crippen molar-refractivity contribution in [3.8, 4) is 0 Å². The van der Waals surface area contributed by atoms with Crippen LogP contribution in [0.2, 0.25) is 0 Å². The van der Waals surface area contributed by atoms with Gasteiger partial charge in [0.05, 0.1) is 38.6 Å². The Bertz CT molecular complexity index is 1160. The Labute approximate surface area is 264 Å². The molecule has 6 unspecified atom stereocenters. The van der Waals surface area contributed by atoms with Gasteiger partial charge in [-0.1, -0.05) is 123 Å². The molecule has 1 saturated carbocycles. The first-order valence-corrected chi connectivity index (χ1v) is 17.0. The number of aliphatic hydroxyl groups excluding tert-OH is 1. The molecule has 5 rings (SSSR count). The zero-order chi connectivity index (χ0) is 30.2. The summed E-state index contributed by atoms with van der Waals surface area (Å²) in [5.41, 5.74) is 3.46. The number of rotatable bonds is 12. The van der Waals surface area contributed by atoms with Gasteiger partial charge in [-0.05, 0) is 54.2 Å². The SMILES string of the molecule is OCC1CCCCCCC(C2CC(OCc3ccccc3)C(OCc3ccccc3)C(COCc3ccccc3)O2)CCC1. The molecule has 0 radical (unpaired) electrons. The summed E-state index contributed by atoms with van der Waals surface area (Å²) in [5, 5.41) is 9.94. The van der Waals surface area contributed by atoms with E-state index < -0.39 is 0 Å². The molecule has 1 heterocycles. The zero-order valence-corrected chi connectivity index (χ0v) is 26.3. The van der Waals surface area contributed by atoms with Crippen LogP contribution in [0.1, 0.15) is 80.9 Å². The fourth-order valence-electron chi connectivity index (χ4n) is 6.89. The highest BCUT2D eigenvalue weighted by Crippen LogP contribution is 2.36. The predicted molar refractivity (Wildman–Crippen MR) is 175 cm³/mol. The van der Waals surface area contributed by atoms with Crippen LogP contribution in [-0.2, 0) is 38.8 Å². The molecule has 1 aliphatic carbocycles. The maximum atomic E-state index is 9.94. The van der Waals surface area contributed by atoms with Gasteiger partial charge in [-0.3, -0.25) is 0 Å². The summed E-state index contributed by atoms with van der Waals surface area (Å²) >= 11 is 0. The first-order valence-electron chi connectivity index (χ1n) is 17.0. The summed E-state index contributed by atoms with van der Waals surface area (Å²) in [5.74, 6) is 0.889. The molecule has 6 atom stereocenters. The maximum absolute atomic E-state index is 9.94.